The van der Waals surface area contributed by atoms with Crippen molar-refractivity contribution >= 4 is 33.7 Å². The molecule has 0 saturated heterocycles. The van der Waals surface area contributed by atoms with Gasteiger partial charge in [0, 0.05) is 6.08 Å². The van der Waals surface area contributed by atoms with Gasteiger partial charge in [-0.2, -0.15) is 0 Å². The van der Waals surface area contributed by atoms with E-state index in [2.05, 4.69) is 4.74 Å². The largest absolute Gasteiger partial charge is 0.493 e. The minimum absolute atomic E-state index is 0.0287. The first kappa shape index (κ1) is 25.7. The molecule has 0 aromatic heterocycles. The Morgan fingerprint density at radius 3 is 2.27 bits per heavy atom. The Hall–Kier alpha value is -3.60. The molecule has 0 amide bonds. The molecule has 0 N–H and O–H groups in total. The lowest BCUT2D eigenvalue weighted by molar-refractivity contribution is -0.141. The third-order valence-electron chi connectivity index (χ3n) is 4.34. The molecule has 0 aliphatic carbocycles. The molecule has 2 aromatic rings. The van der Waals surface area contributed by atoms with Crippen molar-refractivity contribution in [3.8, 4) is 11.5 Å². The second kappa shape index (κ2) is 11.3. The number of anilines is 1. The van der Waals surface area contributed by atoms with Crippen LogP contribution in [0, 0.1) is 5.82 Å². The van der Waals surface area contributed by atoms with Gasteiger partial charge in [-0.25, -0.2) is 17.6 Å². The zero-order valence-corrected chi connectivity index (χ0v) is 19.3. The number of hydrogen-bond acceptors (Lipinski definition) is 8. The molecule has 33 heavy (non-hydrogen) atoms. The van der Waals surface area contributed by atoms with Crippen LogP contribution in [0.4, 0.5) is 10.1 Å². The summed E-state index contributed by atoms with van der Waals surface area (Å²) in [6.07, 6.45) is 2.44. The quantitative estimate of drug-likeness (QED) is 0.377. The van der Waals surface area contributed by atoms with Crippen LogP contribution in [0.1, 0.15) is 12.5 Å². The van der Waals surface area contributed by atoms with Crippen LogP contribution in [0.5, 0.6) is 11.5 Å². The van der Waals surface area contributed by atoms with Gasteiger partial charge in [-0.15, -0.1) is 0 Å². The standard InChI is InChI=1S/C22H24FNO8S/c1-5-32-21(26)14-24(17-9-7-16(23)8-10-17)33(27,28)19-13-15(6-11-20(25)30-3)12-18(29-2)22(19)31-4/h6-13H,5,14H2,1-4H3/b11-6+. The van der Waals surface area contributed by atoms with Crippen molar-refractivity contribution in [1.82, 2.24) is 0 Å². The van der Waals surface area contributed by atoms with Gasteiger partial charge in [-0.1, -0.05) is 0 Å². The highest BCUT2D eigenvalue weighted by molar-refractivity contribution is 7.93. The molecule has 2 rings (SSSR count). The number of carbonyl (C=O) groups excluding carboxylic acids is 2. The molecule has 0 fully saturated rings. The molecule has 9 nitrogen and oxygen atoms in total. The van der Waals surface area contributed by atoms with Crippen molar-refractivity contribution in [2.24, 2.45) is 0 Å². The second-order valence-corrected chi connectivity index (χ2v) is 8.23. The maximum Gasteiger partial charge on any atom is 0.330 e. The first-order valence-corrected chi connectivity index (χ1v) is 11.1. The number of sulfonamides is 1. The van der Waals surface area contributed by atoms with Crippen LogP contribution >= 0.6 is 0 Å². The monoisotopic (exact) mass is 481 g/mol. The van der Waals surface area contributed by atoms with E-state index in [1.165, 1.54) is 51.7 Å². The molecule has 0 saturated carbocycles. The first-order chi connectivity index (χ1) is 15.7. The molecule has 2 aromatic carbocycles. The number of rotatable bonds is 10. The Bertz CT molecular complexity index is 1130. The summed E-state index contributed by atoms with van der Waals surface area (Å²) >= 11 is 0. The highest BCUT2D eigenvalue weighted by Gasteiger charge is 2.32. The van der Waals surface area contributed by atoms with Crippen LogP contribution in [-0.2, 0) is 29.1 Å². The predicted molar refractivity (Wildman–Crippen MR) is 118 cm³/mol. The Kier molecular flexibility index (Phi) is 8.80. The summed E-state index contributed by atoms with van der Waals surface area (Å²) < 4.78 is 61.7. The molecule has 0 aliphatic rings. The molecule has 0 aliphatic heterocycles. The van der Waals surface area contributed by atoms with Gasteiger partial charge >= 0.3 is 11.9 Å². The van der Waals surface area contributed by atoms with E-state index < -0.39 is 34.3 Å². The summed E-state index contributed by atoms with van der Waals surface area (Å²) in [6, 6.07) is 7.28. The van der Waals surface area contributed by atoms with Gasteiger partial charge < -0.3 is 18.9 Å². The molecule has 0 bridgehead atoms. The summed E-state index contributed by atoms with van der Waals surface area (Å²) in [7, 11) is -0.690. The third-order valence-corrected chi connectivity index (χ3v) is 6.12. The minimum Gasteiger partial charge on any atom is -0.493 e. The van der Waals surface area contributed by atoms with Gasteiger partial charge in [0.2, 0.25) is 0 Å². The average molecular weight is 481 g/mol. The van der Waals surface area contributed by atoms with E-state index in [4.69, 9.17) is 14.2 Å². The normalized spacial score (nSPS) is 11.2. The van der Waals surface area contributed by atoms with Crippen LogP contribution in [-0.4, -0.2) is 54.8 Å². The van der Waals surface area contributed by atoms with Crippen LogP contribution in [0.2, 0.25) is 0 Å². The number of halogens is 1. The van der Waals surface area contributed by atoms with Gasteiger partial charge in [-0.3, -0.25) is 9.10 Å². The summed E-state index contributed by atoms with van der Waals surface area (Å²) in [5.41, 5.74) is 0.313. The fourth-order valence-corrected chi connectivity index (χ4v) is 4.45. The second-order valence-electron chi connectivity index (χ2n) is 6.40. The summed E-state index contributed by atoms with van der Waals surface area (Å²) in [4.78, 5) is 23.3. The van der Waals surface area contributed by atoms with E-state index in [9.17, 15) is 22.4 Å². The zero-order valence-electron chi connectivity index (χ0n) is 18.5. The van der Waals surface area contributed by atoms with Crippen molar-refractivity contribution in [1.29, 1.82) is 0 Å². The molecule has 0 radical (unpaired) electrons. The highest BCUT2D eigenvalue weighted by atomic mass is 32.2. The fraction of sp³-hybridized carbons (Fsp3) is 0.273. The molecule has 0 unspecified atom stereocenters. The average Bonchev–Trinajstić information content (AvgIpc) is 2.80. The SMILES string of the molecule is CCOC(=O)CN(c1ccc(F)cc1)S(=O)(=O)c1cc(/C=C/C(=O)OC)cc(OC)c1OC. The van der Waals surface area contributed by atoms with Crippen LogP contribution in [0.3, 0.4) is 0 Å². The summed E-state index contributed by atoms with van der Waals surface area (Å²) in [6.45, 7) is 0.955. The van der Waals surface area contributed by atoms with Crippen LogP contribution in [0.25, 0.3) is 6.08 Å². The van der Waals surface area contributed by atoms with E-state index in [0.29, 0.717) is 0 Å². The van der Waals surface area contributed by atoms with E-state index in [1.807, 2.05) is 0 Å². The van der Waals surface area contributed by atoms with E-state index in [-0.39, 0.29) is 34.3 Å². The van der Waals surface area contributed by atoms with Gasteiger partial charge in [0.25, 0.3) is 10.0 Å². The molecular formula is C22H24FNO8S. The maximum atomic E-state index is 13.7. The minimum atomic E-state index is -4.47. The Morgan fingerprint density at radius 2 is 1.73 bits per heavy atom. The van der Waals surface area contributed by atoms with Gasteiger partial charge in [0.05, 0.1) is 33.6 Å². The third kappa shape index (κ3) is 6.22. The maximum absolute atomic E-state index is 13.7. The van der Waals surface area contributed by atoms with Gasteiger partial charge in [0.15, 0.2) is 11.5 Å². The van der Waals surface area contributed by atoms with Crippen LogP contribution in [0.15, 0.2) is 47.4 Å². The van der Waals surface area contributed by atoms with Crippen molar-refractivity contribution in [3.63, 3.8) is 0 Å². The molecule has 0 atom stereocenters. The van der Waals surface area contributed by atoms with Crippen molar-refractivity contribution in [2.75, 3.05) is 38.8 Å². The molecule has 0 heterocycles. The van der Waals surface area contributed by atoms with Crippen LogP contribution < -0.4 is 13.8 Å². The molecule has 0 spiro atoms. The number of nitrogens with zero attached hydrogens (tertiary/aromatic N) is 1. The molecular weight excluding hydrogens is 457 g/mol. The summed E-state index contributed by atoms with van der Waals surface area (Å²) in [5.74, 6) is -2.09. The van der Waals surface area contributed by atoms with Crippen molar-refractivity contribution in [3.05, 3.63) is 53.9 Å². The number of carbonyl (C=O) groups is 2. The van der Waals surface area contributed by atoms with E-state index >= 15 is 0 Å². The molecule has 11 heteroatoms. The fourth-order valence-electron chi connectivity index (χ4n) is 2.83. The Labute approximate surface area is 191 Å². The van der Waals surface area contributed by atoms with E-state index in [0.717, 1.165) is 22.5 Å². The van der Waals surface area contributed by atoms with Crippen molar-refractivity contribution in [2.45, 2.75) is 11.8 Å². The Balaban J connectivity index is 2.71. The first-order valence-electron chi connectivity index (χ1n) is 9.63. The predicted octanol–water partition coefficient (Wildman–Crippen LogP) is 2.79. The highest BCUT2D eigenvalue weighted by Crippen LogP contribution is 2.38. The Morgan fingerprint density at radius 1 is 1.06 bits per heavy atom. The number of methoxy groups -OCH3 is 3. The lowest BCUT2D eigenvalue weighted by atomic mass is 10.2. The lowest BCUT2D eigenvalue weighted by Gasteiger charge is -2.25. The lowest BCUT2D eigenvalue weighted by Crippen LogP contribution is -2.37. The summed E-state index contributed by atoms with van der Waals surface area (Å²) in [5, 5.41) is 0. The van der Waals surface area contributed by atoms with Gasteiger partial charge in [-0.05, 0) is 55.0 Å². The van der Waals surface area contributed by atoms with Gasteiger partial charge in [0.1, 0.15) is 17.3 Å². The van der Waals surface area contributed by atoms with Crippen molar-refractivity contribution < 1.29 is 41.3 Å². The number of esters is 2. The number of ether oxygens (including phenoxy) is 4. The van der Waals surface area contributed by atoms with E-state index in [1.54, 1.807) is 6.92 Å². The topological polar surface area (TPSA) is 108 Å². The number of benzene rings is 2. The number of hydrogen-bond donors (Lipinski definition) is 0. The zero-order chi connectivity index (χ0) is 24.6. The molecule has 178 valence electrons. The smallest absolute Gasteiger partial charge is 0.330 e.